The molecule has 136 valence electrons. The fourth-order valence-electron chi connectivity index (χ4n) is 4.07. The number of rotatable bonds is 5. The zero-order valence-corrected chi connectivity index (χ0v) is 15.8. The quantitative estimate of drug-likeness (QED) is 0.871. The number of hydrogen-bond acceptors (Lipinski definition) is 3. The van der Waals surface area contributed by atoms with E-state index in [1.807, 2.05) is 36.1 Å². The molecule has 4 nitrogen and oxygen atoms in total. The van der Waals surface area contributed by atoms with Crippen LogP contribution < -0.4 is 5.32 Å². The van der Waals surface area contributed by atoms with E-state index in [4.69, 9.17) is 0 Å². The first-order valence-electron chi connectivity index (χ1n) is 9.34. The lowest BCUT2D eigenvalue weighted by molar-refractivity contribution is -0.131. The molecule has 1 N–H and O–H groups in total. The molecule has 2 atom stereocenters. The number of fused-ring (bicyclic) bond motifs is 1. The second kappa shape index (κ2) is 8.75. The summed E-state index contributed by atoms with van der Waals surface area (Å²) < 4.78 is 0. The molecule has 0 spiro atoms. The van der Waals surface area contributed by atoms with Crippen LogP contribution >= 0.6 is 11.8 Å². The molecule has 1 heterocycles. The van der Waals surface area contributed by atoms with Gasteiger partial charge in [-0.3, -0.25) is 9.59 Å². The number of thioether (sulfide) groups is 1. The lowest BCUT2D eigenvalue weighted by Crippen LogP contribution is -2.45. The molecule has 25 heavy (non-hydrogen) atoms. The molecule has 0 unspecified atom stereocenters. The first kappa shape index (κ1) is 18.3. The summed E-state index contributed by atoms with van der Waals surface area (Å²) in [7, 11) is 0. The molecule has 1 aromatic rings. The Morgan fingerprint density at radius 2 is 1.96 bits per heavy atom. The van der Waals surface area contributed by atoms with Crippen molar-refractivity contribution >= 4 is 29.3 Å². The zero-order chi connectivity index (χ0) is 17.6. The molecule has 1 aliphatic carbocycles. The summed E-state index contributed by atoms with van der Waals surface area (Å²) in [6, 6.07) is 7.76. The van der Waals surface area contributed by atoms with Crippen molar-refractivity contribution in [2.24, 2.45) is 11.8 Å². The molecular weight excluding hydrogens is 332 g/mol. The van der Waals surface area contributed by atoms with Crippen LogP contribution in [0.5, 0.6) is 0 Å². The maximum atomic E-state index is 12.4. The van der Waals surface area contributed by atoms with Crippen LogP contribution in [0.3, 0.4) is 0 Å². The minimum Gasteiger partial charge on any atom is -0.342 e. The lowest BCUT2D eigenvalue weighted by atomic mass is 9.75. The number of nitrogens with one attached hydrogen (secondary N) is 1. The summed E-state index contributed by atoms with van der Waals surface area (Å²) >= 11 is 1.41. The van der Waals surface area contributed by atoms with Crippen LogP contribution in [-0.4, -0.2) is 41.3 Å². The molecule has 1 aromatic carbocycles. The third-order valence-corrected chi connectivity index (χ3v) is 6.32. The van der Waals surface area contributed by atoms with E-state index >= 15 is 0 Å². The Bertz CT molecular complexity index is 619. The number of nitrogens with zero attached hydrogens (tertiary/aromatic N) is 1. The van der Waals surface area contributed by atoms with Gasteiger partial charge in [0.05, 0.1) is 11.5 Å². The molecule has 1 aliphatic heterocycles. The van der Waals surface area contributed by atoms with Gasteiger partial charge in [0.25, 0.3) is 0 Å². The van der Waals surface area contributed by atoms with Crippen molar-refractivity contribution in [2.45, 2.75) is 39.0 Å². The second-order valence-corrected chi connectivity index (χ2v) is 8.33. The zero-order valence-electron chi connectivity index (χ0n) is 15.0. The number of aryl methyl sites for hydroxylation is 1. The highest BCUT2D eigenvalue weighted by Gasteiger charge is 2.32. The highest BCUT2D eigenvalue weighted by atomic mass is 32.2. The number of carbonyl (C=O) groups excluding carboxylic acids is 2. The first-order valence-corrected chi connectivity index (χ1v) is 10.5. The Balaban J connectivity index is 1.38. The van der Waals surface area contributed by atoms with Crippen LogP contribution in [0.15, 0.2) is 24.3 Å². The van der Waals surface area contributed by atoms with E-state index in [9.17, 15) is 9.59 Å². The van der Waals surface area contributed by atoms with Gasteiger partial charge in [-0.05, 0) is 49.3 Å². The van der Waals surface area contributed by atoms with Crippen molar-refractivity contribution in [1.29, 1.82) is 0 Å². The summed E-state index contributed by atoms with van der Waals surface area (Å²) in [6.45, 7) is 3.83. The molecular formula is C20H28N2O2S. The summed E-state index contributed by atoms with van der Waals surface area (Å²) in [5.41, 5.74) is 1.93. The molecule has 0 aromatic heterocycles. The average Bonchev–Trinajstić information content (AvgIpc) is 2.61. The maximum Gasteiger partial charge on any atom is 0.234 e. The van der Waals surface area contributed by atoms with Gasteiger partial charge in [-0.2, -0.15) is 0 Å². The van der Waals surface area contributed by atoms with Crippen LogP contribution in [0.2, 0.25) is 0 Å². The van der Waals surface area contributed by atoms with Gasteiger partial charge in [0.2, 0.25) is 11.8 Å². The fourth-order valence-corrected chi connectivity index (χ4v) is 4.79. The topological polar surface area (TPSA) is 49.4 Å². The number of amides is 2. The van der Waals surface area contributed by atoms with Crippen LogP contribution in [0, 0.1) is 18.8 Å². The average molecular weight is 361 g/mol. The summed E-state index contributed by atoms with van der Waals surface area (Å²) in [6.07, 6.45) is 6.47. The Morgan fingerprint density at radius 3 is 2.76 bits per heavy atom. The van der Waals surface area contributed by atoms with Gasteiger partial charge in [0, 0.05) is 18.8 Å². The summed E-state index contributed by atoms with van der Waals surface area (Å²) in [4.78, 5) is 26.5. The minimum atomic E-state index is -0.0469. The lowest BCUT2D eigenvalue weighted by Gasteiger charge is -2.41. The highest BCUT2D eigenvalue weighted by Crippen LogP contribution is 2.36. The Labute approximate surface area is 154 Å². The SMILES string of the molecule is Cc1cccc(NC(=O)CSCC(=O)N2CC[C@@H]3CCCC[C@@H]3C2)c1. The second-order valence-electron chi connectivity index (χ2n) is 7.34. The third-order valence-electron chi connectivity index (χ3n) is 5.40. The van der Waals surface area contributed by atoms with E-state index in [0.717, 1.165) is 36.7 Å². The summed E-state index contributed by atoms with van der Waals surface area (Å²) in [5, 5.41) is 2.89. The fraction of sp³-hybridized carbons (Fsp3) is 0.600. The van der Waals surface area contributed by atoms with Crippen molar-refractivity contribution < 1.29 is 9.59 Å². The van der Waals surface area contributed by atoms with Crippen molar-refractivity contribution in [2.75, 3.05) is 29.9 Å². The number of likely N-dealkylation sites (tertiary alicyclic amines) is 1. The molecule has 0 radical (unpaired) electrons. The summed E-state index contributed by atoms with van der Waals surface area (Å²) in [5.74, 6) is 2.41. The molecule has 2 amide bonds. The third kappa shape index (κ3) is 5.24. The number of carbonyl (C=O) groups is 2. The minimum absolute atomic E-state index is 0.0469. The van der Waals surface area contributed by atoms with Crippen LogP contribution in [0.4, 0.5) is 5.69 Å². The largest absolute Gasteiger partial charge is 0.342 e. The van der Waals surface area contributed by atoms with Gasteiger partial charge in [-0.1, -0.05) is 31.4 Å². The number of hydrogen-bond donors (Lipinski definition) is 1. The highest BCUT2D eigenvalue weighted by molar-refractivity contribution is 8.00. The molecule has 5 heteroatoms. The maximum absolute atomic E-state index is 12.4. The number of benzene rings is 1. The van der Waals surface area contributed by atoms with E-state index < -0.39 is 0 Å². The van der Waals surface area contributed by atoms with Crippen LogP contribution in [0.1, 0.15) is 37.7 Å². The van der Waals surface area contributed by atoms with Crippen LogP contribution in [-0.2, 0) is 9.59 Å². The molecule has 1 saturated carbocycles. The van der Waals surface area contributed by atoms with Crippen molar-refractivity contribution in [3.63, 3.8) is 0 Å². The number of anilines is 1. The monoisotopic (exact) mass is 360 g/mol. The first-order chi connectivity index (χ1) is 12.1. The smallest absolute Gasteiger partial charge is 0.234 e. The molecule has 0 bridgehead atoms. The molecule has 2 fully saturated rings. The standard InChI is InChI=1S/C20H28N2O2S/c1-15-5-4-8-18(11-15)21-19(23)13-25-14-20(24)22-10-9-16-6-2-3-7-17(16)12-22/h4-5,8,11,16-17H,2-3,6-7,9-10,12-14H2,1H3,(H,21,23)/t16-,17+/m0/s1. The van der Waals surface area contributed by atoms with E-state index in [0.29, 0.717) is 17.4 Å². The van der Waals surface area contributed by atoms with Crippen molar-refractivity contribution in [3.05, 3.63) is 29.8 Å². The van der Waals surface area contributed by atoms with E-state index in [1.165, 1.54) is 37.4 Å². The number of piperidine rings is 1. The Morgan fingerprint density at radius 1 is 1.16 bits per heavy atom. The predicted molar refractivity (Wildman–Crippen MR) is 104 cm³/mol. The molecule has 2 aliphatic rings. The van der Waals surface area contributed by atoms with Gasteiger partial charge in [0.1, 0.15) is 0 Å². The van der Waals surface area contributed by atoms with Gasteiger partial charge in [-0.25, -0.2) is 0 Å². The normalized spacial score (nSPS) is 23.0. The van der Waals surface area contributed by atoms with Gasteiger partial charge >= 0.3 is 0 Å². The van der Waals surface area contributed by atoms with Gasteiger partial charge in [0.15, 0.2) is 0 Å². The van der Waals surface area contributed by atoms with Gasteiger partial charge < -0.3 is 10.2 Å². The predicted octanol–water partition coefficient (Wildman–Crippen LogP) is 3.71. The molecule has 3 rings (SSSR count). The van der Waals surface area contributed by atoms with E-state index in [2.05, 4.69) is 5.32 Å². The van der Waals surface area contributed by atoms with E-state index in [-0.39, 0.29) is 11.8 Å². The van der Waals surface area contributed by atoms with Crippen LogP contribution in [0.25, 0.3) is 0 Å². The van der Waals surface area contributed by atoms with E-state index in [1.54, 1.807) is 0 Å². The van der Waals surface area contributed by atoms with Crippen molar-refractivity contribution in [1.82, 2.24) is 4.90 Å². The van der Waals surface area contributed by atoms with Crippen molar-refractivity contribution in [3.8, 4) is 0 Å². The Hall–Kier alpha value is -1.49. The molecule has 1 saturated heterocycles. The van der Waals surface area contributed by atoms with Gasteiger partial charge in [-0.15, -0.1) is 11.8 Å². The Kier molecular flexibility index (Phi) is 6.40.